The number of carbonyl (C=O) groups is 1. The number of para-hydroxylation sites is 1. The van der Waals surface area contributed by atoms with Crippen molar-refractivity contribution in [2.45, 2.75) is 6.18 Å². The number of hydrazone groups is 1. The smallest absolute Gasteiger partial charge is 0.398 e. The Morgan fingerprint density at radius 2 is 1.91 bits per heavy atom. The molecule has 2 aromatic carbocycles. The highest BCUT2D eigenvalue weighted by molar-refractivity contribution is 6.31. The summed E-state index contributed by atoms with van der Waals surface area (Å²) in [7, 11) is 0. The van der Waals surface area contributed by atoms with Crippen LogP contribution in [0.3, 0.4) is 0 Å². The van der Waals surface area contributed by atoms with Crippen LogP contribution in [0.15, 0.2) is 47.6 Å². The highest BCUT2D eigenvalue weighted by Crippen LogP contribution is 2.34. The molecule has 0 fully saturated rings. The van der Waals surface area contributed by atoms with Crippen molar-refractivity contribution in [3.05, 3.63) is 64.2 Å². The second-order valence-corrected chi connectivity index (χ2v) is 4.93. The summed E-state index contributed by atoms with van der Waals surface area (Å²) in [5, 5.41) is 3.21. The van der Waals surface area contributed by atoms with Crippen molar-refractivity contribution in [2.24, 2.45) is 5.10 Å². The van der Waals surface area contributed by atoms with E-state index in [4.69, 9.17) is 17.3 Å². The maximum absolute atomic E-state index is 12.7. The van der Waals surface area contributed by atoms with Crippen LogP contribution < -0.4 is 11.2 Å². The van der Waals surface area contributed by atoms with Crippen molar-refractivity contribution >= 4 is 29.4 Å². The van der Waals surface area contributed by atoms with Crippen molar-refractivity contribution in [3.8, 4) is 0 Å². The predicted octanol–water partition coefficient (Wildman–Crippen LogP) is 3.70. The van der Waals surface area contributed by atoms with Crippen LogP contribution in [-0.4, -0.2) is 12.1 Å². The van der Waals surface area contributed by atoms with Crippen molar-refractivity contribution in [1.82, 2.24) is 5.43 Å². The minimum absolute atomic E-state index is 0.142. The molecule has 2 aromatic rings. The number of alkyl halides is 3. The Bertz CT molecular complexity index is 760. The summed E-state index contributed by atoms with van der Waals surface area (Å²) in [4.78, 5) is 11.8. The van der Waals surface area contributed by atoms with Crippen molar-refractivity contribution in [3.63, 3.8) is 0 Å². The average Bonchev–Trinajstić information content (AvgIpc) is 2.48. The van der Waals surface area contributed by atoms with E-state index in [0.717, 1.165) is 18.3 Å². The molecular weight excluding hydrogens is 331 g/mol. The van der Waals surface area contributed by atoms with Crippen LogP contribution in [0.5, 0.6) is 0 Å². The third-order valence-electron chi connectivity index (χ3n) is 2.88. The second kappa shape index (κ2) is 6.70. The normalized spacial score (nSPS) is 11.7. The van der Waals surface area contributed by atoms with Gasteiger partial charge in [0.05, 0.1) is 22.4 Å². The Morgan fingerprint density at radius 3 is 2.57 bits per heavy atom. The van der Waals surface area contributed by atoms with Gasteiger partial charge in [0.25, 0.3) is 5.91 Å². The molecule has 0 saturated heterocycles. The summed E-state index contributed by atoms with van der Waals surface area (Å²) in [6.45, 7) is 0. The molecule has 0 bridgehead atoms. The molecule has 23 heavy (non-hydrogen) atoms. The zero-order valence-electron chi connectivity index (χ0n) is 11.6. The molecule has 120 valence electrons. The topological polar surface area (TPSA) is 67.5 Å². The number of rotatable bonds is 3. The fourth-order valence-corrected chi connectivity index (χ4v) is 1.99. The first-order valence-electron chi connectivity index (χ1n) is 6.33. The van der Waals surface area contributed by atoms with Gasteiger partial charge < -0.3 is 5.73 Å². The quantitative estimate of drug-likeness (QED) is 0.508. The van der Waals surface area contributed by atoms with Gasteiger partial charge in [0.2, 0.25) is 0 Å². The SMILES string of the molecule is Nc1ccccc1C(=O)NN=Cc1ccc(Cl)c(C(F)(F)F)c1. The van der Waals surface area contributed by atoms with Crippen molar-refractivity contribution in [1.29, 1.82) is 0 Å². The monoisotopic (exact) mass is 341 g/mol. The summed E-state index contributed by atoms with van der Waals surface area (Å²) in [5.41, 5.74) is 7.49. The summed E-state index contributed by atoms with van der Waals surface area (Å²) in [6.07, 6.45) is -3.48. The zero-order chi connectivity index (χ0) is 17.0. The zero-order valence-corrected chi connectivity index (χ0v) is 12.3. The predicted molar refractivity (Wildman–Crippen MR) is 82.4 cm³/mol. The first-order chi connectivity index (χ1) is 10.8. The Morgan fingerprint density at radius 1 is 1.22 bits per heavy atom. The second-order valence-electron chi connectivity index (χ2n) is 4.52. The molecule has 0 aliphatic heterocycles. The lowest BCUT2D eigenvalue weighted by Crippen LogP contribution is -2.19. The number of hydrogen-bond donors (Lipinski definition) is 2. The number of nitrogens with one attached hydrogen (secondary N) is 1. The summed E-state index contributed by atoms with van der Waals surface area (Å²) < 4.78 is 38.2. The third-order valence-corrected chi connectivity index (χ3v) is 3.21. The van der Waals surface area contributed by atoms with Gasteiger partial charge in [-0.1, -0.05) is 29.8 Å². The van der Waals surface area contributed by atoms with E-state index in [1.165, 1.54) is 12.1 Å². The molecule has 0 aliphatic carbocycles. The average molecular weight is 342 g/mol. The Labute approximate surface area is 134 Å². The maximum Gasteiger partial charge on any atom is 0.417 e. The van der Waals surface area contributed by atoms with Crippen LogP contribution in [-0.2, 0) is 6.18 Å². The summed E-state index contributed by atoms with van der Waals surface area (Å²) in [5.74, 6) is -0.565. The van der Waals surface area contributed by atoms with Crippen LogP contribution in [0.2, 0.25) is 5.02 Å². The summed E-state index contributed by atoms with van der Waals surface area (Å²) >= 11 is 5.51. The van der Waals surface area contributed by atoms with Crippen LogP contribution in [0.1, 0.15) is 21.5 Å². The number of nitrogens with two attached hydrogens (primary N) is 1. The van der Waals surface area contributed by atoms with E-state index in [0.29, 0.717) is 0 Å². The van der Waals surface area contributed by atoms with Crippen molar-refractivity contribution in [2.75, 3.05) is 5.73 Å². The maximum atomic E-state index is 12.7. The Hall–Kier alpha value is -2.54. The van der Waals surface area contributed by atoms with Gasteiger partial charge in [-0.25, -0.2) is 5.43 Å². The first kappa shape index (κ1) is 16.8. The molecule has 0 aliphatic rings. The lowest BCUT2D eigenvalue weighted by molar-refractivity contribution is -0.137. The lowest BCUT2D eigenvalue weighted by Gasteiger charge is -2.09. The van der Waals surface area contributed by atoms with E-state index in [2.05, 4.69) is 10.5 Å². The number of nitrogen functional groups attached to an aromatic ring is 1. The minimum atomic E-state index is -4.57. The number of carbonyl (C=O) groups excluding carboxylic acids is 1. The van der Waals surface area contributed by atoms with Gasteiger partial charge in [-0.05, 0) is 29.8 Å². The van der Waals surface area contributed by atoms with Crippen molar-refractivity contribution < 1.29 is 18.0 Å². The third kappa shape index (κ3) is 4.23. The summed E-state index contributed by atoms with van der Waals surface area (Å²) in [6, 6.07) is 9.66. The van der Waals surface area contributed by atoms with E-state index in [9.17, 15) is 18.0 Å². The molecule has 2 rings (SSSR count). The molecule has 0 aromatic heterocycles. The number of halogens is 4. The fraction of sp³-hybridized carbons (Fsp3) is 0.0667. The van der Waals surface area contributed by atoms with E-state index >= 15 is 0 Å². The Kier molecular flexibility index (Phi) is 4.90. The van der Waals surface area contributed by atoms with Gasteiger partial charge in [-0.3, -0.25) is 4.79 Å². The van der Waals surface area contributed by atoms with E-state index < -0.39 is 22.7 Å². The molecule has 0 spiro atoms. The molecule has 0 heterocycles. The number of nitrogens with zero attached hydrogens (tertiary/aromatic N) is 1. The molecule has 1 amide bonds. The minimum Gasteiger partial charge on any atom is -0.398 e. The van der Waals surface area contributed by atoms with Crippen LogP contribution in [0.4, 0.5) is 18.9 Å². The first-order valence-corrected chi connectivity index (χ1v) is 6.71. The van der Waals surface area contributed by atoms with E-state index in [1.54, 1.807) is 18.2 Å². The van der Waals surface area contributed by atoms with Crippen LogP contribution >= 0.6 is 11.6 Å². The highest BCUT2D eigenvalue weighted by atomic mass is 35.5. The molecule has 4 nitrogen and oxygen atoms in total. The molecule has 0 radical (unpaired) electrons. The van der Waals surface area contributed by atoms with Gasteiger partial charge in [0.1, 0.15) is 0 Å². The van der Waals surface area contributed by atoms with Crippen LogP contribution in [0.25, 0.3) is 0 Å². The fourth-order valence-electron chi connectivity index (χ4n) is 1.77. The molecule has 0 atom stereocenters. The van der Waals surface area contributed by atoms with Gasteiger partial charge in [-0.2, -0.15) is 18.3 Å². The molecule has 8 heteroatoms. The largest absolute Gasteiger partial charge is 0.417 e. The number of hydrogen-bond acceptors (Lipinski definition) is 3. The lowest BCUT2D eigenvalue weighted by atomic mass is 10.1. The number of anilines is 1. The van der Waals surface area contributed by atoms with Crippen LogP contribution in [0, 0.1) is 0 Å². The molecule has 3 N–H and O–H groups in total. The van der Waals surface area contributed by atoms with Gasteiger partial charge in [-0.15, -0.1) is 0 Å². The standard InChI is InChI=1S/C15H11ClF3N3O/c16-12-6-5-9(7-11(12)15(17,18)19)8-21-22-14(23)10-3-1-2-4-13(10)20/h1-8H,20H2,(H,22,23). The number of benzene rings is 2. The highest BCUT2D eigenvalue weighted by Gasteiger charge is 2.33. The number of amides is 1. The van der Waals surface area contributed by atoms with Gasteiger partial charge in [0, 0.05) is 5.69 Å². The van der Waals surface area contributed by atoms with Gasteiger partial charge >= 0.3 is 6.18 Å². The Balaban J connectivity index is 2.12. The van der Waals surface area contributed by atoms with E-state index in [-0.39, 0.29) is 16.8 Å². The van der Waals surface area contributed by atoms with E-state index in [1.807, 2.05) is 0 Å². The van der Waals surface area contributed by atoms with Gasteiger partial charge in [0.15, 0.2) is 0 Å². The molecule has 0 saturated carbocycles. The molecule has 0 unspecified atom stereocenters. The molecular formula is C15H11ClF3N3O.